The van der Waals surface area contributed by atoms with Crippen LogP contribution in [-0.2, 0) is 10.0 Å². The van der Waals surface area contributed by atoms with Crippen LogP contribution in [0.25, 0.3) is 10.1 Å². The van der Waals surface area contributed by atoms with Crippen molar-refractivity contribution in [3.63, 3.8) is 0 Å². The van der Waals surface area contributed by atoms with E-state index in [9.17, 15) is 8.42 Å². The van der Waals surface area contributed by atoms with Crippen molar-refractivity contribution in [2.75, 3.05) is 11.0 Å². The van der Waals surface area contributed by atoms with Gasteiger partial charge in [0.1, 0.15) is 0 Å². The highest BCUT2D eigenvalue weighted by Crippen LogP contribution is 2.30. The Morgan fingerprint density at radius 3 is 2.71 bits per heavy atom. The zero-order valence-corrected chi connectivity index (χ0v) is 9.15. The van der Waals surface area contributed by atoms with Crippen molar-refractivity contribution in [3.05, 3.63) is 29.6 Å². The third kappa shape index (κ3) is 1.88. The van der Waals surface area contributed by atoms with Crippen LogP contribution in [0.2, 0.25) is 0 Å². The van der Waals surface area contributed by atoms with E-state index in [1.165, 1.54) is 11.3 Å². The first-order valence-corrected chi connectivity index (χ1v) is 6.77. The predicted molar refractivity (Wildman–Crippen MR) is 60.3 cm³/mol. The Hall–Kier alpha value is -1.07. The van der Waals surface area contributed by atoms with Crippen molar-refractivity contribution in [3.8, 4) is 0 Å². The third-order valence-corrected chi connectivity index (χ3v) is 3.33. The summed E-state index contributed by atoms with van der Waals surface area (Å²) >= 11 is 1.53. The minimum Gasteiger partial charge on any atom is -0.282 e. The maximum absolute atomic E-state index is 11.0. The summed E-state index contributed by atoms with van der Waals surface area (Å²) in [6.07, 6.45) is 1.15. The van der Waals surface area contributed by atoms with Gasteiger partial charge in [0.15, 0.2) is 0 Å². The van der Waals surface area contributed by atoms with E-state index < -0.39 is 10.0 Å². The zero-order valence-electron chi connectivity index (χ0n) is 7.52. The van der Waals surface area contributed by atoms with Crippen LogP contribution in [0.1, 0.15) is 0 Å². The molecule has 0 aliphatic heterocycles. The lowest BCUT2D eigenvalue weighted by Gasteiger charge is -2.00. The molecule has 3 nitrogen and oxygen atoms in total. The summed E-state index contributed by atoms with van der Waals surface area (Å²) in [6.45, 7) is 0. The Labute approximate surface area is 86.4 Å². The molecule has 0 saturated carbocycles. The predicted octanol–water partition coefficient (Wildman–Crippen LogP) is 2.27. The maximum atomic E-state index is 11.0. The molecule has 0 bridgehead atoms. The molecular weight excluding hydrogens is 218 g/mol. The molecule has 0 radical (unpaired) electrons. The maximum Gasteiger partial charge on any atom is 0.229 e. The summed E-state index contributed by atoms with van der Waals surface area (Å²) in [6, 6.07) is 7.69. The summed E-state index contributed by atoms with van der Waals surface area (Å²) < 4.78 is 25.6. The molecule has 74 valence electrons. The molecule has 0 unspecified atom stereocenters. The minimum atomic E-state index is -3.18. The van der Waals surface area contributed by atoms with Crippen molar-refractivity contribution >= 4 is 37.1 Å². The number of sulfonamides is 1. The zero-order chi connectivity index (χ0) is 10.2. The van der Waals surface area contributed by atoms with E-state index in [0.29, 0.717) is 5.69 Å². The molecule has 1 aromatic carbocycles. The van der Waals surface area contributed by atoms with E-state index in [0.717, 1.165) is 16.3 Å². The van der Waals surface area contributed by atoms with Crippen LogP contribution in [-0.4, -0.2) is 14.7 Å². The van der Waals surface area contributed by atoms with E-state index in [1.807, 2.05) is 29.6 Å². The van der Waals surface area contributed by atoms with Crippen LogP contribution in [0.5, 0.6) is 0 Å². The molecule has 0 spiro atoms. The number of nitrogens with one attached hydrogen (secondary N) is 1. The molecule has 0 amide bonds. The molecule has 5 heteroatoms. The summed E-state index contributed by atoms with van der Waals surface area (Å²) in [5, 5.41) is 2.76. The number of hydrogen-bond donors (Lipinski definition) is 1. The topological polar surface area (TPSA) is 46.2 Å². The van der Waals surface area contributed by atoms with Crippen LogP contribution in [0.3, 0.4) is 0 Å². The first-order valence-electron chi connectivity index (χ1n) is 4.00. The number of hydrogen-bond acceptors (Lipinski definition) is 3. The standard InChI is InChI=1S/C9H9NO2S2/c1-14(11,12)10-8-6-13-9-5-3-2-4-7(8)9/h2-6,10H,1H3. The van der Waals surface area contributed by atoms with Gasteiger partial charge in [-0.15, -0.1) is 11.3 Å². The van der Waals surface area contributed by atoms with Gasteiger partial charge >= 0.3 is 0 Å². The van der Waals surface area contributed by atoms with Gasteiger partial charge in [0.25, 0.3) is 0 Å². The molecule has 14 heavy (non-hydrogen) atoms. The van der Waals surface area contributed by atoms with E-state index >= 15 is 0 Å². The highest BCUT2D eigenvalue weighted by atomic mass is 32.2. The quantitative estimate of drug-likeness (QED) is 0.855. The fourth-order valence-electron chi connectivity index (χ4n) is 1.26. The third-order valence-electron chi connectivity index (χ3n) is 1.78. The van der Waals surface area contributed by atoms with Gasteiger partial charge in [0.05, 0.1) is 11.9 Å². The number of rotatable bonds is 2. The fourth-order valence-corrected chi connectivity index (χ4v) is 2.79. The lowest BCUT2D eigenvalue weighted by atomic mass is 10.2. The number of anilines is 1. The molecule has 0 aliphatic carbocycles. The van der Waals surface area contributed by atoms with Crippen LogP contribution >= 0.6 is 11.3 Å². The van der Waals surface area contributed by atoms with Crippen molar-refractivity contribution in [2.45, 2.75) is 0 Å². The van der Waals surface area contributed by atoms with Crippen LogP contribution < -0.4 is 4.72 Å². The van der Waals surface area contributed by atoms with E-state index in [4.69, 9.17) is 0 Å². The Morgan fingerprint density at radius 2 is 2.00 bits per heavy atom. The Bertz CT molecular complexity index is 557. The molecular formula is C9H9NO2S2. The van der Waals surface area contributed by atoms with E-state index in [-0.39, 0.29) is 0 Å². The first kappa shape index (κ1) is 9.48. The van der Waals surface area contributed by atoms with E-state index in [2.05, 4.69) is 4.72 Å². The van der Waals surface area contributed by atoms with Crippen molar-refractivity contribution in [1.29, 1.82) is 0 Å². The van der Waals surface area contributed by atoms with Crippen LogP contribution in [0.15, 0.2) is 29.6 Å². The van der Waals surface area contributed by atoms with Gasteiger partial charge in [0.2, 0.25) is 10.0 Å². The molecule has 0 aliphatic rings. The van der Waals surface area contributed by atoms with Gasteiger partial charge in [-0.1, -0.05) is 18.2 Å². The Balaban J connectivity index is 2.54. The molecule has 1 heterocycles. The molecule has 2 rings (SSSR count). The van der Waals surface area contributed by atoms with Crippen molar-refractivity contribution < 1.29 is 8.42 Å². The highest BCUT2D eigenvalue weighted by Gasteiger charge is 2.06. The van der Waals surface area contributed by atoms with Gasteiger partial charge in [-0.3, -0.25) is 4.72 Å². The van der Waals surface area contributed by atoms with Crippen molar-refractivity contribution in [2.24, 2.45) is 0 Å². The molecule has 0 saturated heterocycles. The van der Waals surface area contributed by atoms with Gasteiger partial charge in [-0.2, -0.15) is 0 Å². The summed E-state index contributed by atoms with van der Waals surface area (Å²) in [4.78, 5) is 0. The SMILES string of the molecule is CS(=O)(=O)Nc1csc2ccccc12. The van der Waals surface area contributed by atoms with E-state index in [1.54, 1.807) is 0 Å². The van der Waals surface area contributed by atoms with Gasteiger partial charge in [0, 0.05) is 15.5 Å². The second-order valence-electron chi connectivity index (χ2n) is 3.02. The second kappa shape index (κ2) is 3.25. The van der Waals surface area contributed by atoms with Gasteiger partial charge < -0.3 is 0 Å². The van der Waals surface area contributed by atoms with Crippen LogP contribution in [0, 0.1) is 0 Å². The minimum absolute atomic E-state index is 0.660. The molecule has 1 aromatic heterocycles. The summed E-state index contributed by atoms with van der Waals surface area (Å²) in [5.74, 6) is 0. The summed E-state index contributed by atoms with van der Waals surface area (Å²) in [7, 11) is -3.18. The molecule has 2 aromatic rings. The smallest absolute Gasteiger partial charge is 0.229 e. The fraction of sp³-hybridized carbons (Fsp3) is 0.111. The summed E-state index contributed by atoms with van der Waals surface area (Å²) in [5.41, 5.74) is 0.660. The average molecular weight is 227 g/mol. The average Bonchev–Trinajstić information content (AvgIpc) is 2.47. The monoisotopic (exact) mass is 227 g/mol. The number of thiophene rings is 1. The largest absolute Gasteiger partial charge is 0.282 e. The number of fused-ring (bicyclic) bond motifs is 1. The lowest BCUT2D eigenvalue weighted by Crippen LogP contribution is -2.08. The van der Waals surface area contributed by atoms with Crippen LogP contribution in [0.4, 0.5) is 5.69 Å². The Morgan fingerprint density at radius 1 is 1.29 bits per heavy atom. The molecule has 0 atom stereocenters. The number of benzene rings is 1. The lowest BCUT2D eigenvalue weighted by molar-refractivity contribution is 0.607. The second-order valence-corrected chi connectivity index (χ2v) is 5.68. The Kier molecular flexibility index (Phi) is 2.20. The van der Waals surface area contributed by atoms with Gasteiger partial charge in [-0.25, -0.2) is 8.42 Å². The van der Waals surface area contributed by atoms with Crippen molar-refractivity contribution in [1.82, 2.24) is 0 Å². The first-order chi connectivity index (χ1) is 6.56. The molecule has 1 N–H and O–H groups in total. The normalized spacial score (nSPS) is 11.8. The molecule has 0 fully saturated rings. The van der Waals surface area contributed by atoms with Gasteiger partial charge in [-0.05, 0) is 6.07 Å². The highest BCUT2D eigenvalue weighted by molar-refractivity contribution is 7.92.